The Morgan fingerprint density at radius 2 is 1.85 bits per heavy atom. The van der Waals surface area contributed by atoms with E-state index in [4.69, 9.17) is 28.3 Å². The number of nitrogens with one attached hydrogen (secondary N) is 2. The number of anilines is 1. The maximum absolute atomic E-state index is 11.8. The van der Waals surface area contributed by atoms with Crippen LogP contribution in [-0.2, 0) is 4.79 Å². The van der Waals surface area contributed by atoms with Gasteiger partial charge in [0.2, 0.25) is 0 Å². The predicted molar refractivity (Wildman–Crippen MR) is 79.5 cm³/mol. The van der Waals surface area contributed by atoms with E-state index in [0.29, 0.717) is 10.7 Å². The average Bonchev–Trinajstić information content (AvgIpc) is 2.28. The number of carbonyl (C=O) groups is 2. The Kier molecular flexibility index (Phi) is 5.25. The molecule has 0 unspecified atom stereocenters. The summed E-state index contributed by atoms with van der Waals surface area (Å²) in [6.07, 6.45) is 0. The first-order chi connectivity index (χ1) is 9.11. The number of carboxylic acid groups (broad SMARTS) is 1. The molecule has 7 heteroatoms. The van der Waals surface area contributed by atoms with Crippen molar-refractivity contribution >= 4 is 40.9 Å². The number of halogens is 2. The van der Waals surface area contributed by atoms with Crippen molar-refractivity contribution in [2.45, 2.75) is 26.8 Å². The highest BCUT2D eigenvalue weighted by Gasteiger charge is 2.32. The third-order valence-corrected chi connectivity index (χ3v) is 3.12. The van der Waals surface area contributed by atoms with Gasteiger partial charge >= 0.3 is 12.0 Å². The highest BCUT2D eigenvalue weighted by molar-refractivity contribution is 6.36. The zero-order valence-electron chi connectivity index (χ0n) is 11.3. The summed E-state index contributed by atoms with van der Waals surface area (Å²) in [6.45, 7) is 5.17. The van der Waals surface area contributed by atoms with Crippen LogP contribution in [0.4, 0.5) is 10.5 Å². The van der Waals surface area contributed by atoms with Crippen molar-refractivity contribution < 1.29 is 14.7 Å². The average molecular weight is 319 g/mol. The molecule has 1 atom stereocenters. The fraction of sp³-hybridized carbons (Fsp3) is 0.385. The van der Waals surface area contributed by atoms with Crippen molar-refractivity contribution in [1.82, 2.24) is 5.32 Å². The quantitative estimate of drug-likeness (QED) is 0.796. The Bertz CT molecular complexity index is 527. The Morgan fingerprint density at radius 3 is 2.30 bits per heavy atom. The Hall–Kier alpha value is -1.46. The fourth-order valence-electron chi connectivity index (χ4n) is 1.53. The Labute approximate surface area is 127 Å². The number of hydrogen-bond donors (Lipinski definition) is 3. The van der Waals surface area contributed by atoms with Gasteiger partial charge in [0.05, 0.1) is 10.7 Å². The highest BCUT2D eigenvalue weighted by atomic mass is 35.5. The van der Waals surface area contributed by atoms with Crippen LogP contribution in [0, 0.1) is 5.41 Å². The molecular formula is C13H16Cl2N2O3. The molecule has 0 aliphatic rings. The molecule has 1 aromatic carbocycles. The van der Waals surface area contributed by atoms with Crippen LogP contribution < -0.4 is 10.6 Å². The second kappa shape index (κ2) is 6.33. The number of hydrogen-bond acceptors (Lipinski definition) is 2. The molecule has 1 rings (SSSR count). The van der Waals surface area contributed by atoms with Crippen LogP contribution in [-0.4, -0.2) is 23.1 Å². The summed E-state index contributed by atoms with van der Waals surface area (Å²) in [6, 6.07) is 2.93. The minimum absolute atomic E-state index is 0.273. The lowest BCUT2D eigenvalue weighted by molar-refractivity contribution is -0.141. The smallest absolute Gasteiger partial charge is 0.326 e. The van der Waals surface area contributed by atoms with Crippen molar-refractivity contribution in [2.75, 3.05) is 5.32 Å². The van der Waals surface area contributed by atoms with E-state index in [1.165, 1.54) is 12.1 Å². The summed E-state index contributed by atoms with van der Waals surface area (Å²) in [4.78, 5) is 23.0. The third-order valence-electron chi connectivity index (χ3n) is 2.57. The zero-order valence-corrected chi connectivity index (χ0v) is 12.8. The van der Waals surface area contributed by atoms with Gasteiger partial charge in [0.15, 0.2) is 0 Å². The molecule has 20 heavy (non-hydrogen) atoms. The van der Waals surface area contributed by atoms with E-state index in [-0.39, 0.29) is 5.02 Å². The number of rotatable bonds is 3. The summed E-state index contributed by atoms with van der Waals surface area (Å²) in [5.41, 5.74) is -0.265. The molecule has 0 bridgehead atoms. The molecule has 0 spiro atoms. The van der Waals surface area contributed by atoms with Gasteiger partial charge in [-0.2, -0.15) is 0 Å². The van der Waals surface area contributed by atoms with Crippen LogP contribution in [0.2, 0.25) is 10.0 Å². The minimum Gasteiger partial charge on any atom is -0.480 e. The zero-order chi connectivity index (χ0) is 15.5. The van der Waals surface area contributed by atoms with E-state index in [2.05, 4.69) is 10.6 Å². The predicted octanol–water partition coefficient (Wildman–Crippen LogP) is 3.61. The van der Waals surface area contributed by atoms with Crippen LogP contribution in [0.25, 0.3) is 0 Å². The largest absolute Gasteiger partial charge is 0.480 e. The van der Waals surface area contributed by atoms with E-state index in [1.54, 1.807) is 26.8 Å². The van der Waals surface area contributed by atoms with Crippen LogP contribution in [0.1, 0.15) is 20.8 Å². The third kappa shape index (κ3) is 4.58. The molecule has 110 valence electrons. The molecule has 3 N–H and O–H groups in total. The topological polar surface area (TPSA) is 78.4 Å². The molecule has 0 saturated heterocycles. The summed E-state index contributed by atoms with van der Waals surface area (Å²) >= 11 is 11.7. The lowest BCUT2D eigenvalue weighted by atomic mass is 9.87. The molecule has 0 aromatic heterocycles. The van der Waals surface area contributed by atoms with E-state index < -0.39 is 23.5 Å². The first kappa shape index (κ1) is 16.6. The molecule has 1 aromatic rings. The number of carboxylic acids is 1. The molecule has 0 heterocycles. The summed E-state index contributed by atoms with van der Waals surface area (Å²) < 4.78 is 0. The number of benzene rings is 1. The van der Waals surface area contributed by atoms with Crippen LogP contribution in [0.15, 0.2) is 18.2 Å². The number of carbonyl (C=O) groups excluding carboxylic acids is 1. The molecule has 2 amide bonds. The van der Waals surface area contributed by atoms with Crippen molar-refractivity contribution in [3.8, 4) is 0 Å². The summed E-state index contributed by atoms with van der Waals surface area (Å²) in [5, 5.41) is 14.7. The van der Waals surface area contributed by atoms with Crippen LogP contribution in [0.3, 0.4) is 0 Å². The monoisotopic (exact) mass is 318 g/mol. The maximum Gasteiger partial charge on any atom is 0.326 e. The summed E-state index contributed by atoms with van der Waals surface area (Å²) in [7, 11) is 0. The van der Waals surface area contributed by atoms with Gasteiger partial charge in [-0.1, -0.05) is 44.0 Å². The SMILES string of the molecule is CC(C)(C)[C@@H](NC(=O)Nc1ccc(Cl)cc1Cl)C(=O)O. The summed E-state index contributed by atoms with van der Waals surface area (Å²) in [5.74, 6) is -1.10. The lowest BCUT2D eigenvalue weighted by Gasteiger charge is -2.27. The first-order valence-electron chi connectivity index (χ1n) is 5.86. The van der Waals surface area contributed by atoms with Gasteiger partial charge in [-0.25, -0.2) is 9.59 Å². The van der Waals surface area contributed by atoms with Crippen molar-refractivity contribution in [3.63, 3.8) is 0 Å². The van der Waals surface area contributed by atoms with Gasteiger partial charge in [-0.15, -0.1) is 0 Å². The number of aliphatic carboxylic acids is 1. The minimum atomic E-state index is -1.10. The highest BCUT2D eigenvalue weighted by Crippen LogP contribution is 2.25. The molecule has 0 radical (unpaired) electrons. The molecule has 5 nitrogen and oxygen atoms in total. The second-order valence-electron chi connectivity index (χ2n) is 5.36. The van der Waals surface area contributed by atoms with Gasteiger partial charge in [0.1, 0.15) is 6.04 Å². The van der Waals surface area contributed by atoms with Gasteiger partial charge in [0, 0.05) is 5.02 Å². The van der Waals surface area contributed by atoms with Gasteiger partial charge in [0.25, 0.3) is 0 Å². The standard InChI is InChI=1S/C13H16Cl2N2O3/c1-13(2,3)10(11(18)19)17-12(20)16-9-5-4-7(14)6-8(9)15/h4-6,10H,1-3H3,(H,18,19)(H2,16,17,20)/t10-/m0/s1. The van der Waals surface area contributed by atoms with E-state index >= 15 is 0 Å². The Morgan fingerprint density at radius 1 is 1.25 bits per heavy atom. The first-order valence-corrected chi connectivity index (χ1v) is 6.62. The molecule has 0 fully saturated rings. The van der Waals surface area contributed by atoms with Crippen LogP contribution >= 0.6 is 23.2 Å². The molecular weight excluding hydrogens is 303 g/mol. The number of urea groups is 1. The molecule has 0 saturated carbocycles. The van der Waals surface area contributed by atoms with Crippen molar-refractivity contribution in [3.05, 3.63) is 28.2 Å². The lowest BCUT2D eigenvalue weighted by Crippen LogP contribution is -2.50. The van der Waals surface area contributed by atoms with Gasteiger partial charge in [-0.05, 0) is 23.6 Å². The van der Waals surface area contributed by atoms with Crippen molar-refractivity contribution in [2.24, 2.45) is 5.41 Å². The molecule has 0 aliphatic heterocycles. The maximum atomic E-state index is 11.8. The van der Waals surface area contributed by atoms with E-state index in [0.717, 1.165) is 0 Å². The normalized spacial score (nSPS) is 12.7. The van der Waals surface area contributed by atoms with Gasteiger partial charge < -0.3 is 15.7 Å². The van der Waals surface area contributed by atoms with E-state index in [9.17, 15) is 9.59 Å². The fourth-order valence-corrected chi connectivity index (χ4v) is 1.98. The second-order valence-corrected chi connectivity index (χ2v) is 6.20. The van der Waals surface area contributed by atoms with Crippen LogP contribution in [0.5, 0.6) is 0 Å². The molecule has 0 aliphatic carbocycles. The van der Waals surface area contributed by atoms with Gasteiger partial charge in [-0.3, -0.25) is 0 Å². The number of amides is 2. The van der Waals surface area contributed by atoms with E-state index in [1.807, 2.05) is 0 Å². The Balaban J connectivity index is 2.79. The van der Waals surface area contributed by atoms with Crippen molar-refractivity contribution in [1.29, 1.82) is 0 Å².